The number of aliphatic hydroxyl groups excluding tert-OH is 1. The summed E-state index contributed by atoms with van der Waals surface area (Å²) in [6.45, 7) is 8.59. The summed E-state index contributed by atoms with van der Waals surface area (Å²) in [7, 11) is 0. The molecule has 5 unspecified atom stereocenters. The Morgan fingerprint density at radius 1 is 1.00 bits per heavy atom. The first-order valence-electron chi connectivity index (χ1n) is 13.8. The molecule has 3 saturated heterocycles. The minimum atomic E-state index is -0.627. The quantitative estimate of drug-likeness (QED) is 0.429. The van der Waals surface area contributed by atoms with E-state index in [4.69, 9.17) is 23.7 Å². The average molecular weight is 469 g/mol. The van der Waals surface area contributed by atoms with Gasteiger partial charge in [0.15, 0.2) is 18.9 Å². The van der Waals surface area contributed by atoms with E-state index >= 15 is 0 Å². The SMILES string of the molecule is CCCCC(C)(C)[C@@H](CCC1C(OC2CCCCO2)C[C@H]2O[C@@H](O)CC12)OC1CCCCO1. The molecule has 0 aromatic rings. The molecule has 1 aliphatic carbocycles. The van der Waals surface area contributed by atoms with Crippen molar-refractivity contribution in [3.63, 3.8) is 0 Å². The first-order valence-corrected chi connectivity index (χ1v) is 13.8. The van der Waals surface area contributed by atoms with Gasteiger partial charge in [0.25, 0.3) is 0 Å². The van der Waals surface area contributed by atoms with Crippen LogP contribution >= 0.6 is 0 Å². The highest BCUT2D eigenvalue weighted by Crippen LogP contribution is 2.48. The molecule has 4 fully saturated rings. The van der Waals surface area contributed by atoms with Gasteiger partial charge in [-0.2, -0.15) is 0 Å². The van der Waals surface area contributed by atoms with E-state index in [1.165, 1.54) is 25.7 Å². The van der Waals surface area contributed by atoms with Crippen molar-refractivity contribution in [2.24, 2.45) is 17.3 Å². The second-order valence-electron chi connectivity index (χ2n) is 11.5. The third kappa shape index (κ3) is 6.92. The maximum Gasteiger partial charge on any atom is 0.157 e. The van der Waals surface area contributed by atoms with Crippen LogP contribution in [-0.4, -0.2) is 55.5 Å². The highest BCUT2D eigenvalue weighted by atomic mass is 16.7. The van der Waals surface area contributed by atoms with Crippen LogP contribution in [0.3, 0.4) is 0 Å². The van der Waals surface area contributed by atoms with Crippen LogP contribution in [0.15, 0.2) is 0 Å². The largest absolute Gasteiger partial charge is 0.368 e. The molecule has 8 atom stereocenters. The summed E-state index contributed by atoms with van der Waals surface area (Å²) >= 11 is 0. The van der Waals surface area contributed by atoms with Crippen molar-refractivity contribution in [3.8, 4) is 0 Å². The van der Waals surface area contributed by atoms with E-state index in [9.17, 15) is 5.11 Å². The second-order valence-corrected chi connectivity index (χ2v) is 11.5. The fourth-order valence-corrected chi connectivity index (χ4v) is 6.45. The van der Waals surface area contributed by atoms with Gasteiger partial charge in [0.05, 0.1) is 18.3 Å². The number of unbranched alkanes of at least 4 members (excludes halogenated alkanes) is 1. The van der Waals surface area contributed by atoms with Crippen molar-refractivity contribution in [1.82, 2.24) is 0 Å². The van der Waals surface area contributed by atoms with E-state index in [0.717, 1.165) is 71.0 Å². The first kappa shape index (κ1) is 25.8. The molecular formula is C27H48O6. The van der Waals surface area contributed by atoms with Crippen LogP contribution in [0.4, 0.5) is 0 Å². The molecule has 3 aliphatic heterocycles. The minimum absolute atomic E-state index is 0.0692. The van der Waals surface area contributed by atoms with Crippen molar-refractivity contribution in [2.75, 3.05) is 13.2 Å². The molecule has 33 heavy (non-hydrogen) atoms. The van der Waals surface area contributed by atoms with Gasteiger partial charge in [0, 0.05) is 26.1 Å². The number of fused-ring (bicyclic) bond motifs is 1. The van der Waals surface area contributed by atoms with Gasteiger partial charge in [-0.15, -0.1) is 0 Å². The predicted octanol–water partition coefficient (Wildman–Crippen LogP) is 5.55. The average Bonchev–Trinajstić information content (AvgIpc) is 3.32. The van der Waals surface area contributed by atoms with E-state index < -0.39 is 6.29 Å². The maximum absolute atomic E-state index is 10.2. The predicted molar refractivity (Wildman–Crippen MR) is 127 cm³/mol. The molecule has 0 aromatic carbocycles. The number of aliphatic hydroxyl groups is 1. The van der Waals surface area contributed by atoms with Gasteiger partial charge < -0.3 is 28.8 Å². The molecule has 6 heteroatoms. The lowest BCUT2D eigenvalue weighted by atomic mass is 9.77. The molecule has 0 amide bonds. The zero-order valence-electron chi connectivity index (χ0n) is 21.2. The molecule has 1 saturated carbocycles. The summed E-state index contributed by atoms with van der Waals surface area (Å²) in [5.74, 6) is 0.733. The van der Waals surface area contributed by atoms with Gasteiger partial charge in [-0.05, 0) is 75.0 Å². The van der Waals surface area contributed by atoms with E-state index in [-0.39, 0.29) is 36.3 Å². The molecule has 0 aromatic heterocycles. The molecule has 192 valence electrons. The monoisotopic (exact) mass is 468 g/mol. The Morgan fingerprint density at radius 2 is 1.73 bits per heavy atom. The summed E-state index contributed by atoms with van der Waals surface area (Å²) < 4.78 is 30.9. The third-order valence-corrected chi connectivity index (χ3v) is 8.50. The number of ether oxygens (including phenoxy) is 5. The maximum atomic E-state index is 10.2. The Labute approximate surface area is 201 Å². The molecule has 4 rings (SSSR count). The van der Waals surface area contributed by atoms with E-state index in [1.807, 2.05) is 0 Å². The Hall–Kier alpha value is -0.240. The summed E-state index contributed by atoms with van der Waals surface area (Å²) in [6, 6.07) is 0. The molecule has 1 N–H and O–H groups in total. The van der Waals surface area contributed by atoms with Crippen molar-refractivity contribution in [1.29, 1.82) is 0 Å². The Bertz CT molecular complexity index is 571. The molecule has 0 radical (unpaired) electrons. The lowest BCUT2D eigenvalue weighted by Crippen LogP contribution is -2.39. The molecule has 0 bridgehead atoms. The van der Waals surface area contributed by atoms with Crippen molar-refractivity contribution in [2.45, 2.75) is 141 Å². The summed E-state index contributed by atoms with van der Waals surface area (Å²) in [6.07, 6.45) is 13.4. The Morgan fingerprint density at radius 3 is 2.39 bits per heavy atom. The van der Waals surface area contributed by atoms with Crippen molar-refractivity contribution >= 4 is 0 Å². The zero-order valence-corrected chi connectivity index (χ0v) is 21.2. The Kier molecular flexibility index (Phi) is 9.50. The highest BCUT2D eigenvalue weighted by molar-refractivity contribution is 4.97. The fourth-order valence-electron chi connectivity index (χ4n) is 6.45. The molecular weight excluding hydrogens is 420 g/mol. The summed E-state index contributed by atoms with van der Waals surface area (Å²) in [4.78, 5) is 0. The van der Waals surface area contributed by atoms with Crippen molar-refractivity contribution < 1.29 is 28.8 Å². The summed E-state index contributed by atoms with van der Waals surface area (Å²) in [5, 5.41) is 10.2. The van der Waals surface area contributed by atoms with Gasteiger partial charge in [-0.25, -0.2) is 0 Å². The van der Waals surface area contributed by atoms with E-state index in [0.29, 0.717) is 11.8 Å². The van der Waals surface area contributed by atoms with Crippen LogP contribution in [0.5, 0.6) is 0 Å². The van der Waals surface area contributed by atoms with Gasteiger partial charge in [-0.3, -0.25) is 0 Å². The van der Waals surface area contributed by atoms with Gasteiger partial charge >= 0.3 is 0 Å². The standard InChI is InChI=1S/C27H48O6/c1-4-5-14-27(2,3)23(33-26-11-7-9-16-30-26)13-12-19-20-17-24(28)31-22(20)18-21(19)32-25-10-6-8-15-29-25/h19-26,28H,4-18H2,1-3H3/t19?,20?,21?,22-,23-,24-,25?,26?/m1/s1. The molecule has 0 spiro atoms. The molecule has 6 nitrogen and oxygen atoms in total. The van der Waals surface area contributed by atoms with Crippen LogP contribution in [0.25, 0.3) is 0 Å². The smallest absolute Gasteiger partial charge is 0.157 e. The number of rotatable bonds is 11. The van der Waals surface area contributed by atoms with Crippen LogP contribution in [0.2, 0.25) is 0 Å². The molecule has 4 aliphatic rings. The topological polar surface area (TPSA) is 66.4 Å². The van der Waals surface area contributed by atoms with Crippen LogP contribution in [-0.2, 0) is 23.7 Å². The van der Waals surface area contributed by atoms with Gasteiger partial charge in [-0.1, -0.05) is 33.6 Å². The normalized spacial score (nSPS) is 38.4. The van der Waals surface area contributed by atoms with Gasteiger partial charge in [0.1, 0.15) is 0 Å². The molecule has 3 heterocycles. The Balaban J connectivity index is 1.41. The fraction of sp³-hybridized carbons (Fsp3) is 1.00. The van der Waals surface area contributed by atoms with Crippen molar-refractivity contribution in [3.05, 3.63) is 0 Å². The minimum Gasteiger partial charge on any atom is -0.368 e. The van der Waals surface area contributed by atoms with Gasteiger partial charge in [0.2, 0.25) is 0 Å². The number of hydrogen-bond donors (Lipinski definition) is 1. The summed E-state index contributed by atoms with van der Waals surface area (Å²) in [5.41, 5.74) is 0.101. The van der Waals surface area contributed by atoms with E-state index in [2.05, 4.69) is 20.8 Å². The lowest BCUT2D eigenvalue weighted by Gasteiger charge is -2.39. The lowest BCUT2D eigenvalue weighted by molar-refractivity contribution is -0.215. The second kappa shape index (κ2) is 12.1. The van der Waals surface area contributed by atoms with Crippen LogP contribution in [0.1, 0.15) is 104 Å². The van der Waals surface area contributed by atoms with Crippen LogP contribution < -0.4 is 0 Å². The van der Waals surface area contributed by atoms with E-state index in [1.54, 1.807) is 0 Å². The first-order chi connectivity index (χ1) is 16.0. The van der Waals surface area contributed by atoms with Crippen LogP contribution in [0, 0.1) is 17.3 Å². The number of hydrogen-bond acceptors (Lipinski definition) is 6. The highest BCUT2D eigenvalue weighted by Gasteiger charge is 2.50. The zero-order chi connectivity index (χ0) is 23.3. The third-order valence-electron chi connectivity index (χ3n) is 8.50.